The van der Waals surface area contributed by atoms with Gasteiger partial charge in [-0.25, -0.2) is 0 Å². The van der Waals surface area contributed by atoms with Crippen molar-refractivity contribution < 1.29 is 4.79 Å². The van der Waals surface area contributed by atoms with Gasteiger partial charge < -0.3 is 0 Å². The molecule has 1 rings (SSSR count). The Morgan fingerprint density at radius 1 is 1.10 bits per heavy atom. The predicted molar refractivity (Wildman–Crippen MR) is 140 cm³/mol. The third-order valence-electron chi connectivity index (χ3n) is 5.02. The second kappa shape index (κ2) is 11.3. The van der Waals surface area contributed by atoms with E-state index in [9.17, 15) is 4.79 Å². The van der Waals surface area contributed by atoms with Crippen LogP contribution in [0.3, 0.4) is 0 Å². The molecule has 2 atom stereocenters. The standard InChI is InChI=1S/C27H44OS2/c1-11-22(29-23-17-13-20(14-18-23)25(2,3)4)16-12-21(26(5,6)7)15-19-24(28)30-27(8,9)10/h12-15,17,19,22-23H,11,16,18H2,1-10H3. The third kappa shape index (κ3) is 10.6. The number of hydrogen-bond acceptors (Lipinski definition) is 3. The second-order valence-electron chi connectivity index (χ2n) is 11.2. The van der Waals surface area contributed by atoms with Gasteiger partial charge in [0.15, 0.2) is 0 Å². The summed E-state index contributed by atoms with van der Waals surface area (Å²) in [6, 6.07) is 0. The molecule has 0 bridgehead atoms. The van der Waals surface area contributed by atoms with E-state index in [2.05, 4.69) is 105 Å². The molecule has 0 aliphatic heterocycles. The van der Waals surface area contributed by atoms with Crippen LogP contribution in [0, 0.1) is 10.8 Å². The maximum atomic E-state index is 12.3. The van der Waals surface area contributed by atoms with Gasteiger partial charge in [-0.05, 0) is 47.3 Å². The second-order valence-corrected chi connectivity index (χ2v) is 14.6. The zero-order valence-corrected chi connectivity index (χ0v) is 22.6. The van der Waals surface area contributed by atoms with Gasteiger partial charge in [0.1, 0.15) is 0 Å². The topological polar surface area (TPSA) is 17.1 Å². The number of carbonyl (C=O) groups excluding carboxylic acids is 1. The normalized spacial score (nSPS) is 19.9. The molecule has 0 radical (unpaired) electrons. The number of thioether (sulfide) groups is 2. The highest BCUT2D eigenvalue weighted by atomic mass is 32.2. The van der Waals surface area contributed by atoms with Crippen molar-refractivity contribution in [3.8, 4) is 0 Å². The summed E-state index contributed by atoms with van der Waals surface area (Å²) < 4.78 is -0.0498. The Balaban J connectivity index is 2.78. The number of allylic oxidation sites excluding steroid dienone is 6. The van der Waals surface area contributed by atoms with E-state index in [1.165, 1.54) is 22.9 Å². The maximum Gasteiger partial charge on any atom is 0.212 e. The van der Waals surface area contributed by atoms with E-state index in [1.807, 2.05) is 6.08 Å². The van der Waals surface area contributed by atoms with Crippen molar-refractivity contribution in [1.82, 2.24) is 0 Å². The minimum absolute atomic E-state index is 0.0290. The smallest absolute Gasteiger partial charge is 0.212 e. The monoisotopic (exact) mass is 448 g/mol. The molecular formula is C27H44OS2. The fourth-order valence-corrected chi connectivity index (χ4v) is 5.21. The van der Waals surface area contributed by atoms with Crippen LogP contribution in [0.25, 0.3) is 0 Å². The molecule has 3 heteroatoms. The van der Waals surface area contributed by atoms with E-state index >= 15 is 0 Å². The van der Waals surface area contributed by atoms with Crippen molar-refractivity contribution in [2.75, 3.05) is 0 Å². The third-order valence-corrected chi connectivity index (χ3v) is 7.58. The maximum absolute atomic E-state index is 12.3. The highest BCUT2D eigenvalue weighted by molar-refractivity contribution is 8.15. The van der Waals surface area contributed by atoms with Crippen LogP contribution in [-0.4, -0.2) is 20.4 Å². The quantitative estimate of drug-likeness (QED) is 0.286. The molecule has 0 saturated carbocycles. The van der Waals surface area contributed by atoms with Crippen molar-refractivity contribution >= 4 is 28.6 Å². The lowest BCUT2D eigenvalue weighted by Crippen LogP contribution is -2.15. The van der Waals surface area contributed by atoms with E-state index in [1.54, 1.807) is 6.08 Å². The van der Waals surface area contributed by atoms with Gasteiger partial charge in [0.05, 0.1) is 0 Å². The van der Waals surface area contributed by atoms with E-state index in [-0.39, 0.29) is 20.7 Å². The molecule has 170 valence electrons. The molecule has 1 aliphatic carbocycles. The van der Waals surface area contributed by atoms with E-state index < -0.39 is 0 Å². The van der Waals surface area contributed by atoms with Crippen LogP contribution in [0.5, 0.6) is 0 Å². The lowest BCUT2D eigenvalue weighted by molar-refractivity contribution is -0.107. The van der Waals surface area contributed by atoms with Crippen LogP contribution in [0.4, 0.5) is 0 Å². The number of rotatable bonds is 7. The minimum atomic E-state index is -0.0498. The predicted octanol–water partition coefficient (Wildman–Crippen LogP) is 8.78. The van der Waals surface area contributed by atoms with Crippen LogP contribution in [0.2, 0.25) is 0 Å². The SMILES string of the molecule is CCC(CC=C(C=CC(=O)SC(C)(C)C)C(C)(C)C)SC1C=CC(C(C)(C)C)=CC1. The van der Waals surface area contributed by atoms with Crippen LogP contribution < -0.4 is 0 Å². The van der Waals surface area contributed by atoms with Gasteiger partial charge in [0.25, 0.3) is 0 Å². The van der Waals surface area contributed by atoms with Crippen LogP contribution in [-0.2, 0) is 4.79 Å². The summed E-state index contributed by atoms with van der Waals surface area (Å²) in [5, 5.41) is 1.29. The van der Waals surface area contributed by atoms with Gasteiger partial charge >= 0.3 is 0 Å². The molecule has 0 spiro atoms. The molecule has 0 fully saturated rings. The Morgan fingerprint density at radius 3 is 2.17 bits per heavy atom. The van der Waals surface area contributed by atoms with Crippen molar-refractivity contribution in [3.05, 3.63) is 47.6 Å². The number of carbonyl (C=O) groups is 1. The molecule has 1 aliphatic rings. The van der Waals surface area contributed by atoms with Gasteiger partial charge in [-0.1, -0.05) is 111 Å². The highest BCUT2D eigenvalue weighted by Crippen LogP contribution is 2.36. The first-order chi connectivity index (χ1) is 13.6. The van der Waals surface area contributed by atoms with E-state index in [0.29, 0.717) is 10.5 Å². The summed E-state index contributed by atoms with van der Waals surface area (Å²) in [6.07, 6.45) is 16.6. The summed E-state index contributed by atoms with van der Waals surface area (Å²) in [7, 11) is 0. The molecule has 0 aromatic rings. The van der Waals surface area contributed by atoms with E-state index in [4.69, 9.17) is 0 Å². The first kappa shape index (κ1) is 27.4. The van der Waals surface area contributed by atoms with Gasteiger partial charge in [0, 0.05) is 15.2 Å². The summed E-state index contributed by atoms with van der Waals surface area (Å²) in [5.74, 6) is 0. The molecular weight excluding hydrogens is 404 g/mol. The highest BCUT2D eigenvalue weighted by Gasteiger charge is 2.21. The molecule has 1 nitrogen and oxygen atoms in total. The fourth-order valence-electron chi connectivity index (χ4n) is 3.20. The average molecular weight is 449 g/mol. The van der Waals surface area contributed by atoms with Gasteiger partial charge in [0.2, 0.25) is 5.12 Å². The van der Waals surface area contributed by atoms with Crippen LogP contribution in [0.1, 0.15) is 88.5 Å². The van der Waals surface area contributed by atoms with Gasteiger partial charge in [-0.15, -0.1) is 0 Å². The Hall–Kier alpha value is -0.670. The summed E-state index contributed by atoms with van der Waals surface area (Å²) in [5.41, 5.74) is 2.96. The lowest BCUT2D eigenvalue weighted by Gasteiger charge is -2.27. The Bertz CT molecular complexity index is 688. The van der Waals surface area contributed by atoms with Gasteiger partial charge in [-0.3, -0.25) is 4.79 Å². The van der Waals surface area contributed by atoms with Gasteiger partial charge in [-0.2, -0.15) is 11.8 Å². The molecule has 0 aromatic carbocycles. The first-order valence-corrected chi connectivity index (χ1v) is 13.0. The van der Waals surface area contributed by atoms with Crippen molar-refractivity contribution in [2.24, 2.45) is 10.8 Å². The van der Waals surface area contributed by atoms with Crippen molar-refractivity contribution in [1.29, 1.82) is 0 Å². The fraction of sp³-hybridized carbons (Fsp3) is 0.667. The minimum Gasteiger partial charge on any atom is -0.282 e. The van der Waals surface area contributed by atoms with Crippen molar-refractivity contribution in [2.45, 2.75) is 104 Å². The van der Waals surface area contributed by atoms with Crippen LogP contribution >= 0.6 is 23.5 Å². The largest absolute Gasteiger partial charge is 0.282 e. The number of hydrogen-bond donors (Lipinski definition) is 0. The first-order valence-electron chi connectivity index (χ1n) is 11.3. The van der Waals surface area contributed by atoms with E-state index in [0.717, 1.165) is 19.3 Å². The van der Waals surface area contributed by atoms with Crippen LogP contribution in [0.15, 0.2) is 47.6 Å². The lowest BCUT2D eigenvalue weighted by atomic mass is 9.84. The molecule has 0 aromatic heterocycles. The molecule has 0 heterocycles. The summed E-state index contributed by atoms with van der Waals surface area (Å²) in [6.45, 7) is 22.0. The Kier molecular flexibility index (Phi) is 10.3. The molecule has 30 heavy (non-hydrogen) atoms. The Morgan fingerprint density at radius 2 is 1.73 bits per heavy atom. The zero-order valence-electron chi connectivity index (χ0n) is 21.0. The zero-order chi connectivity index (χ0) is 23.2. The molecule has 0 saturated heterocycles. The Labute approximate surface area is 195 Å². The summed E-state index contributed by atoms with van der Waals surface area (Å²) >= 11 is 3.49. The summed E-state index contributed by atoms with van der Waals surface area (Å²) in [4.78, 5) is 12.3. The van der Waals surface area contributed by atoms with Crippen molar-refractivity contribution in [3.63, 3.8) is 0 Å². The average Bonchev–Trinajstić information content (AvgIpc) is 2.57. The molecule has 2 unspecified atom stereocenters. The molecule has 0 N–H and O–H groups in total. The molecule has 0 amide bonds.